The lowest BCUT2D eigenvalue weighted by molar-refractivity contribution is 0.290. The molecule has 0 radical (unpaired) electrons. The van der Waals surface area contributed by atoms with Gasteiger partial charge in [-0.15, -0.1) is 0 Å². The number of aryl methyl sites for hydroxylation is 1. The van der Waals surface area contributed by atoms with E-state index in [1.165, 1.54) is 11.6 Å². The van der Waals surface area contributed by atoms with E-state index in [2.05, 4.69) is 15.9 Å². The first-order valence-corrected chi connectivity index (χ1v) is 6.84. The van der Waals surface area contributed by atoms with E-state index >= 15 is 0 Å². The maximum absolute atomic E-state index is 13.7. The second kappa shape index (κ2) is 6.01. The zero-order chi connectivity index (χ0) is 13.0. The number of halogens is 2. The Morgan fingerprint density at radius 3 is 2.33 bits per heavy atom. The lowest BCUT2D eigenvalue weighted by Crippen LogP contribution is -1.98. The first kappa shape index (κ1) is 13.1. The van der Waals surface area contributed by atoms with Crippen molar-refractivity contribution in [2.45, 2.75) is 18.9 Å². The third-order valence-corrected chi connectivity index (χ3v) is 3.31. The highest BCUT2D eigenvalue weighted by Crippen LogP contribution is 2.20. The summed E-state index contributed by atoms with van der Waals surface area (Å²) in [7, 11) is 0. The molecule has 0 aliphatic rings. The molecule has 0 amide bonds. The first-order chi connectivity index (χ1) is 8.69. The third-order valence-electron chi connectivity index (χ3n) is 2.67. The molecule has 18 heavy (non-hydrogen) atoms. The molecule has 3 heteroatoms. The predicted molar refractivity (Wildman–Crippen MR) is 74.5 cm³/mol. The summed E-state index contributed by atoms with van der Waals surface area (Å²) in [5.41, 5.74) is 3.13. The Morgan fingerprint density at radius 1 is 1.06 bits per heavy atom. The van der Waals surface area contributed by atoms with Crippen molar-refractivity contribution >= 4 is 15.9 Å². The van der Waals surface area contributed by atoms with E-state index in [9.17, 15) is 4.39 Å². The lowest BCUT2D eigenvalue weighted by Gasteiger charge is -2.08. The van der Waals surface area contributed by atoms with Gasteiger partial charge in [0.05, 0.1) is 0 Å². The van der Waals surface area contributed by atoms with Crippen molar-refractivity contribution in [3.05, 3.63) is 65.0 Å². The van der Waals surface area contributed by atoms with Crippen LogP contribution in [0.2, 0.25) is 0 Å². The normalized spacial score (nSPS) is 10.4. The minimum Gasteiger partial charge on any atom is -0.486 e. The molecule has 2 aromatic carbocycles. The van der Waals surface area contributed by atoms with Crippen LogP contribution < -0.4 is 4.74 Å². The van der Waals surface area contributed by atoms with Crippen LogP contribution in [-0.2, 0) is 11.9 Å². The second-order valence-electron chi connectivity index (χ2n) is 4.17. The Bertz CT molecular complexity index is 523. The number of rotatable bonds is 4. The summed E-state index contributed by atoms with van der Waals surface area (Å²) in [6.07, 6.45) is 0. The fraction of sp³-hybridized carbons (Fsp3) is 0.200. The van der Waals surface area contributed by atoms with Crippen molar-refractivity contribution in [2.24, 2.45) is 0 Å². The summed E-state index contributed by atoms with van der Waals surface area (Å²) in [5, 5.41) is 0.641. The summed E-state index contributed by atoms with van der Waals surface area (Å²) >= 11 is 3.29. The number of hydrogen-bond donors (Lipinski definition) is 0. The second-order valence-corrected chi connectivity index (χ2v) is 4.73. The van der Waals surface area contributed by atoms with Gasteiger partial charge in [0.1, 0.15) is 6.61 Å². The number of hydrogen-bond acceptors (Lipinski definition) is 1. The zero-order valence-corrected chi connectivity index (χ0v) is 11.7. The molecule has 0 fully saturated rings. The molecule has 94 valence electrons. The summed E-state index contributed by atoms with van der Waals surface area (Å²) < 4.78 is 19.1. The van der Waals surface area contributed by atoms with Crippen LogP contribution in [0.3, 0.4) is 0 Å². The quantitative estimate of drug-likeness (QED) is 0.750. The Labute approximate surface area is 115 Å². The van der Waals surface area contributed by atoms with E-state index in [4.69, 9.17) is 4.74 Å². The van der Waals surface area contributed by atoms with Crippen molar-refractivity contribution in [3.63, 3.8) is 0 Å². The first-order valence-electron chi connectivity index (χ1n) is 5.72. The van der Waals surface area contributed by atoms with E-state index < -0.39 is 0 Å². The molecule has 0 heterocycles. The topological polar surface area (TPSA) is 9.23 Å². The van der Waals surface area contributed by atoms with Crippen LogP contribution in [0.15, 0.2) is 42.5 Å². The Kier molecular flexibility index (Phi) is 4.37. The minimum atomic E-state index is -0.320. The molecule has 1 nitrogen and oxygen atoms in total. The van der Waals surface area contributed by atoms with Crippen LogP contribution in [0.4, 0.5) is 4.39 Å². The van der Waals surface area contributed by atoms with Gasteiger partial charge in [0.2, 0.25) is 0 Å². The molecule has 2 rings (SSSR count). The van der Waals surface area contributed by atoms with Crippen LogP contribution >= 0.6 is 15.9 Å². The van der Waals surface area contributed by atoms with Crippen molar-refractivity contribution in [3.8, 4) is 5.75 Å². The zero-order valence-electron chi connectivity index (χ0n) is 10.1. The SMILES string of the molecule is Cc1ccc(COc2ccc(CBr)cc2F)cc1. The molecule has 0 saturated carbocycles. The predicted octanol–water partition coefficient (Wildman–Crippen LogP) is 4.61. The molecule has 0 saturated heterocycles. The molecule has 2 aromatic rings. The fourth-order valence-corrected chi connectivity index (χ4v) is 1.94. The molecule has 0 aliphatic heterocycles. The summed E-state index contributed by atoms with van der Waals surface area (Å²) in [4.78, 5) is 0. The van der Waals surface area contributed by atoms with Crippen LogP contribution in [0.1, 0.15) is 16.7 Å². The van der Waals surface area contributed by atoms with Gasteiger partial charge >= 0.3 is 0 Å². The summed E-state index contributed by atoms with van der Waals surface area (Å²) in [5.74, 6) is -0.0284. The van der Waals surface area contributed by atoms with Crippen molar-refractivity contribution < 1.29 is 9.13 Å². The number of benzene rings is 2. The summed E-state index contributed by atoms with van der Waals surface area (Å²) in [6, 6.07) is 13.0. The van der Waals surface area contributed by atoms with Crippen molar-refractivity contribution in [2.75, 3.05) is 0 Å². The van der Waals surface area contributed by atoms with Crippen LogP contribution in [0.5, 0.6) is 5.75 Å². The molecule has 0 aromatic heterocycles. The van der Waals surface area contributed by atoms with E-state index in [0.717, 1.165) is 11.1 Å². The lowest BCUT2D eigenvalue weighted by atomic mass is 10.2. The standard InChI is InChI=1S/C15H14BrFO/c1-11-2-4-12(5-3-11)10-18-15-7-6-13(9-16)8-14(15)17/h2-8H,9-10H2,1H3. The molecule has 0 unspecified atom stereocenters. The van der Waals surface area contributed by atoms with E-state index in [0.29, 0.717) is 17.7 Å². The van der Waals surface area contributed by atoms with Crippen LogP contribution in [-0.4, -0.2) is 0 Å². The van der Waals surface area contributed by atoms with E-state index in [1.54, 1.807) is 6.07 Å². The average molecular weight is 309 g/mol. The smallest absolute Gasteiger partial charge is 0.165 e. The highest BCUT2D eigenvalue weighted by Gasteiger charge is 2.04. The van der Waals surface area contributed by atoms with Gasteiger partial charge in [0, 0.05) is 5.33 Å². The summed E-state index contributed by atoms with van der Waals surface area (Å²) in [6.45, 7) is 2.41. The van der Waals surface area contributed by atoms with Gasteiger partial charge in [-0.05, 0) is 30.2 Å². The third kappa shape index (κ3) is 3.33. The largest absolute Gasteiger partial charge is 0.486 e. The molecule has 0 N–H and O–H groups in total. The Hall–Kier alpha value is -1.35. The van der Waals surface area contributed by atoms with E-state index in [-0.39, 0.29) is 5.82 Å². The van der Waals surface area contributed by atoms with Gasteiger partial charge < -0.3 is 4.74 Å². The Morgan fingerprint density at radius 2 is 1.72 bits per heavy atom. The highest BCUT2D eigenvalue weighted by molar-refractivity contribution is 9.08. The number of alkyl halides is 1. The van der Waals surface area contributed by atoms with Gasteiger partial charge in [-0.25, -0.2) is 4.39 Å². The van der Waals surface area contributed by atoms with E-state index in [1.807, 2.05) is 37.3 Å². The molecule has 0 atom stereocenters. The van der Waals surface area contributed by atoms with Crippen LogP contribution in [0, 0.1) is 12.7 Å². The molecule has 0 spiro atoms. The monoisotopic (exact) mass is 308 g/mol. The van der Waals surface area contributed by atoms with Crippen molar-refractivity contribution in [1.82, 2.24) is 0 Å². The maximum Gasteiger partial charge on any atom is 0.165 e. The maximum atomic E-state index is 13.7. The molecule has 0 bridgehead atoms. The van der Waals surface area contributed by atoms with Crippen LogP contribution in [0.25, 0.3) is 0 Å². The van der Waals surface area contributed by atoms with Gasteiger partial charge in [-0.2, -0.15) is 0 Å². The van der Waals surface area contributed by atoms with Gasteiger partial charge in [0.15, 0.2) is 11.6 Å². The van der Waals surface area contributed by atoms with Gasteiger partial charge in [-0.1, -0.05) is 51.8 Å². The molecule has 0 aliphatic carbocycles. The van der Waals surface area contributed by atoms with Gasteiger partial charge in [0.25, 0.3) is 0 Å². The molecular weight excluding hydrogens is 295 g/mol. The molecular formula is C15H14BrFO. The minimum absolute atomic E-state index is 0.292. The average Bonchev–Trinajstić information content (AvgIpc) is 2.39. The Balaban J connectivity index is 2.04. The number of ether oxygens (including phenoxy) is 1. The fourth-order valence-electron chi connectivity index (χ4n) is 1.59. The highest BCUT2D eigenvalue weighted by atomic mass is 79.9. The van der Waals surface area contributed by atoms with Gasteiger partial charge in [-0.3, -0.25) is 0 Å². The van der Waals surface area contributed by atoms with Crippen molar-refractivity contribution in [1.29, 1.82) is 0 Å².